The van der Waals surface area contributed by atoms with Crippen LogP contribution in [-0.4, -0.2) is 32.1 Å². The van der Waals surface area contributed by atoms with Gasteiger partial charge in [0, 0.05) is 28.8 Å². The number of methoxy groups -OCH3 is 1. The van der Waals surface area contributed by atoms with Crippen molar-refractivity contribution in [2.24, 2.45) is 0 Å². The summed E-state index contributed by atoms with van der Waals surface area (Å²) < 4.78 is 39.0. The van der Waals surface area contributed by atoms with Gasteiger partial charge in [0.2, 0.25) is 5.95 Å². The highest BCUT2D eigenvalue weighted by atomic mass is 32.2. The number of aromatic nitrogens is 2. The van der Waals surface area contributed by atoms with Crippen LogP contribution in [0, 0.1) is 13.8 Å². The van der Waals surface area contributed by atoms with Gasteiger partial charge in [-0.15, -0.1) is 0 Å². The van der Waals surface area contributed by atoms with Crippen molar-refractivity contribution in [3.63, 3.8) is 0 Å². The largest absolute Gasteiger partial charge is 0.497 e. The number of nitrogens with zero attached hydrogens (tertiary/aromatic N) is 2. The van der Waals surface area contributed by atoms with Crippen LogP contribution in [-0.2, 0) is 10.0 Å². The van der Waals surface area contributed by atoms with Crippen LogP contribution in [0.3, 0.4) is 0 Å². The molecule has 37 heavy (non-hydrogen) atoms. The van der Waals surface area contributed by atoms with Gasteiger partial charge in [0.1, 0.15) is 17.3 Å². The highest BCUT2D eigenvalue weighted by Gasteiger charge is 2.16. The molecule has 0 radical (unpaired) electrons. The van der Waals surface area contributed by atoms with Crippen LogP contribution >= 0.6 is 0 Å². The molecule has 9 nitrogen and oxygen atoms in total. The summed E-state index contributed by atoms with van der Waals surface area (Å²) >= 11 is 0. The van der Waals surface area contributed by atoms with Crippen molar-refractivity contribution in [1.29, 1.82) is 0 Å². The first-order valence-corrected chi connectivity index (χ1v) is 13.1. The van der Waals surface area contributed by atoms with Crippen LogP contribution in [0.25, 0.3) is 0 Å². The number of hydrogen-bond donors (Lipinski definition) is 3. The molecule has 1 aromatic heterocycles. The highest BCUT2D eigenvalue weighted by molar-refractivity contribution is 7.92. The molecule has 0 saturated heterocycles. The minimum absolute atomic E-state index is 0.167. The lowest BCUT2D eigenvalue weighted by Gasteiger charge is -2.12. The summed E-state index contributed by atoms with van der Waals surface area (Å²) in [5.41, 5.74) is 3.54. The van der Waals surface area contributed by atoms with Crippen molar-refractivity contribution in [1.82, 2.24) is 9.97 Å². The summed E-state index contributed by atoms with van der Waals surface area (Å²) in [5, 5.41) is 6.42. The Morgan fingerprint density at radius 2 is 1.46 bits per heavy atom. The number of benzene rings is 3. The molecule has 3 N–H and O–H groups in total. The molecule has 0 aliphatic rings. The van der Waals surface area contributed by atoms with Gasteiger partial charge in [0.25, 0.3) is 10.0 Å². The Morgan fingerprint density at radius 3 is 2.11 bits per heavy atom. The lowest BCUT2D eigenvalue weighted by Crippen LogP contribution is -2.13. The van der Waals surface area contributed by atoms with E-state index < -0.39 is 10.0 Å². The van der Waals surface area contributed by atoms with Gasteiger partial charge in [0.05, 0.1) is 18.6 Å². The van der Waals surface area contributed by atoms with Crippen molar-refractivity contribution in [2.45, 2.75) is 25.7 Å². The zero-order chi connectivity index (χ0) is 26.4. The van der Waals surface area contributed by atoms with Gasteiger partial charge < -0.3 is 20.1 Å². The average molecular weight is 520 g/mol. The fourth-order valence-electron chi connectivity index (χ4n) is 3.58. The molecule has 0 saturated carbocycles. The lowest BCUT2D eigenvalue weighted by atomic mass is 10.2. The zero-order valence-corrected chi connectivity index (χ0v) is 21.9. The summed E-state index contributed by atoms with van der Waals surface area (Å²) in [4.78, 5) is 9.14. The van der Waals surface area contributed by atoms with Crippen molar-refractivity contribution in [2.75, 3.05) is 29.1 Å². The number of rotatable bonds is 10. The van der Waals surface area contributed by atoms with Crippen LogP contribution < -0.4 is 24.8 Å². The minimum atomic E-state index is -3.75. The highest BCUT2D eigenvalue weighted by Crippen LogP contribution is 2.25. The molecular formula is C27H29N5O4S. The fraction of sp³-hybridized carbons (Fsp3) is 0.185. The third-order valence-corrected chi connectivity index (χ3v) is 6.75. The Kier molecular flexibility index (Phi) is 7.78. The molecule has 192 valence electrons. The monoisotopic (exact) mass is 519 g/mol. The van der Waals surface area contributed by atoms with Crippen LogP contribution in [0.5, 0.6) is 11.5 Å². The molecule has 3 aromatic carbocycles. The molecule has 4 rings (SSSR count). The molecule has 0 amide bonds. The quantitative estimate of drug-likeness (QED) is 0.241. The van der Waals surface area contributed by atoms with E-state index in [1.54, 1.807) is 43.5 Å². The molecule has 1 heterocycles. The van der Waals surface area contributed by atoms with Gasteiger partial charge in [-0.05, 0) is 93.1 Å². The van der Waals surface area contributed by atoms with Crippen molar-refractivity contribution < 1.29 is 17.9 Å². The van der Waals surface area contributed by atoms with Crippen LogP contribution in [0.15, 0.2) is 77.7 Å². The second-order valence-electron chi connectivity index (χ2n) is 8.24. The van der Waals surface area contributed by atoms with Crippen LogP contribution in [0.4, 0.5) is 28.8 Å². The van der Waals surface area contributed by atoms with E-state index in [0.717, 1.165) is 22.7 Å². The normalized spacial score (nSPS) is 11.0. The van der Waals surface area contributed by atoms with Crippen molar-refractivity contribution >= 4 is 38.9 Å². The zero-order valence-electron chi connectivity index (χ0n) is 21.1. The third-order valence-electron chi connectivity index (χ3n) is 5.37. The number of anilines is 5. The topological polar surface area (TPSA) is 114 Å². The maximum Gasteiger partial charge on any atom is 0.261 e. The van der Waals surface area contributed by atoms with E-state index in [1.807, 2.05) is 51.1 Å². The Bertz CT molecular complexity index is 1470. The summed E-state index contributed by atoms with van der Waals surface area (Å²) in [6.07, 6.45) is 0. The molecule has 0 fully saturated rings. The Morgan fingerprint density at radius 1 is 0.811 bits per heavy atom. The van der Waals surface area contributed by atoms with Crippen molar-refractivity contribution in [3.05, 3.63) is 84.1 Å². The van der Waals surface area contributed by atoms with Gasteiger partial charge in [-0.25, -0.2) is 13.4 Å². The molecular weight excluding hydrogens is 490 g/mol. The SMILES string of the molecule is CCOc1ccc(S(=O)(=O)Nc2ccc(Nc3nc(C)cc(Nc4ccc(OC)cc4)n3)cc2)cc1C. The molecule has 4 aromatic rings. The Balaban J connectivity index is 1.44. The number of nitrogens with one attached hydrogen (secondary N) is 3. The van der Waals surface area contributed by atoms with E-state index in [9.17, 15) is 8.42 Å². The van der Waals surface area contributed by atoms with Crippen molar-refractivity contribution in [3.8, 4) is 11.5 Å². The Labute approximate surface area is 217 Å². The predicted molar refractivity (Wildman–Crippen MR) is 146 cm³/mol. The van der Waals surface area contributed by atoms with Gasteiger partial charge in [-0.3, -0.25) is 4.72 Å². The summed E-state index contributed by atoms with van der Waals surface area (Å²) in [7, 11) is -2.13. The Hall–Kier alpha value is -4.31. The molecule has 0 spiro atoms. The third kappa shape index (κ3) is 6.68. The number of aryl methyl sites for hydroxylation is 2. The summed E-state index contributed by atoms with van der Waals surface area (Å²) in [6, 6.07) is 21.0. The molecule has 0 aliphatic carbocycles. The maximum atomic E-state index is 12.9. The van der Waals surface area contributed by atoms with E-state index in [1.165, 1.54) is 6.07 Å². The smallest absolute Gasteiger partial charge is 0.261 e. The van der Waals surface area contributed by atoms with E-state index in [2.05, 4.69) is 25.3 Å². The van der Waals surface area contributed by atoms with Crippen LogP contribution in [0.2, 0.25) is 0 Å². The first-order valence-electron chi connectivity index (χ1n) is 11.7. The molecule has 10 heteroatoms. The van der Waals surface area contributed by atoms with E-state index in [4.69, 9.17) is 9.47 Å². The average Bonchev–Trinajstić information content (AvgIpc) is 2.86. The van der Waals surface area contributed by atoms with Gasteiger partial charge >= 0.3 is 0 Å². The number of ether oxygens (including phenoxy) is 2. The molecule has 0 bridgehead atoms. The number of sulfonamides is 1. The van der Waals surface area contributed by atoms with E-state index >= 15 is 0 Å². The molecule has 0 atom stereocenters. The molecule has 0 aliphatic heterocycles. The van der Waals surface area contributed by atoms with Gasteiger partial charge in [-0.1, -0.05) is 0 Å². The lowest BCUT2D eigenvalue weighted by molar-refractivity contribution is 0.337. The maximum absolute atomic E-state index is 12.9. The summed E-state index contributed by atoms with van der Waals surface area (Å²) in [6.45, 7) is 6.09. The predicted octanol–water partition coefficient (Wildman–Crippen LogP) is 5.79. The van der Waals surface area contributed by atoms with Gasteiger partial charge in [0.15, 0.2) is 0 Å². The van der Waals surface area contributed by atoms with Crippen LogP contribution in [0.1, 0.15) is 18.2 Å². The number of hydrogen-bond acceptors (Lipinski definition) is 8. The van der Waals surface area contributed by atoms with Gasteiger partial charge in [-0.2, -0.15) is 4.98 Å². The minimum Gasteiger partial charge on any atom is -0.497 e. The fourth-order valence-corrected chi connectivity index (χ4v) is 4.73. The first-order chi connectivity index (χ1) is 17.8. The second kappa shape index (κ2) is 11.2. The van der Waals surface area contributed by atoms with E-state index in [0.29, 0.717) is 35.5 Å². The second-order valence-corrected chi connectivity index (χ2v) is 9.92. The van der Waals surface area contributed by atoms with E-state index in [-0.39, 0.29) is 4.90 Å². The first kappa shape index (κ1) is 25.8. The summed E-state index contributed by atoms with van der Waals surface area (Å²) in [5.74, 6) is 2.48. The molecule has 0 unspecified atom stereocenters. The standard InChI is InChI=1S/C27H29N5O4S/c1-5-36-25-15-14-24(16-18(25)2)37(33,34)32-22-8-6-21(7-9-22)30-27-28-19(3)17-26(31-27)29-20-10-12-23(35-4)13-11-20/h6-17,32H,5H2,1-4H3,(H2,28,29,30,31).